The fourth-order valence-corrected chi connectivity index (χ4v) is 4.82. The van der Waals surface area contributed by atoms with Crippen molar-refractivity contribution in [1.29, 1.82) is 5.26 Å². The number of imidazole rings is 1. The maximum Gasteiger partial charge on any atom is 0.137 e. The number of fused-ring (bicyclic) bond motifs is 1. The van der Waals surface area contributed by atoms with E-state index in [4.69, 9.17) is 16.6 Å². The number of halogens is 1. The first-order valence-corrected chi connectivity index (χ1v) is 12.1. The van der Waals surface area contributed by atoms with Gasteiger partial charge in [-0.25, -0.2) is 4.98 Å². The van der Waals surface area contributed by atoms with Gasteiger partial charge >= 0.3 is 0 Å². The van der Waals surface area contributed by atoms with Gasteiger partial charge in [-0.15, -0.1) is 0 Å². The van der Waals surface area contributed by atoms with Crippen LogP contribution in [0, 0.1) is 18.3 Å². The van der Waals surface area contributed by atoms with Crippen LogP contribution in [0.5, 0.6) is 0 Å². The minimum Gasteiger partial charge on any atom is -0.305 e. The fraction of sp³-hybridized carbons (Fsp3) is 0.286. The zero-order valence-electron chi connectivity index (χ0n) is 19.6. The molecule has 2 aromatic carbocycles. The van der Waals surface area contributed by atoms with E-state index in [0.717, 1.165) is 71.3 Å². The summed E-state index contributed by atoms with van der Waals surface area (Å²) < 4.78 is 2.24. The molecule has 0 aliphatic carbocycles. The molecule has 0 N–H and O–H groups in total. The Balaban J connectivity index is 1.61. The van der Waals surface area contributed by atoms with E-state index in [1.54, 1.807) is 0 Å². The molecule has 172 valence electrons. The SMILES string of the molecule is Cc1cc(-c2ccc3nc(-c4ccc(Cl)cc4)c(CN4CCCN(C)CC4)n3c2)ccc1C#N. The molecule has 2 aromatic heterocycles. The summed E-state index contributed by atoms with van der Waals surface area (Å²) >= 11 is 6.17. The van der Waals surface area contributed by atoms with Crippen LogP contribution in [-0.4, -0.2) is 52.4 Å². The van der Waals surface area contributed by atoms with Crippen LogP contribution in [0.3, 0.4) is 0 Å². The van der Waals surface area contributed by atoms with Crippen LogP contribution >= 0.6 is 11.6 Å². The van der Waals surface area contributed by atoms with E-state index in [-0.39, 0.29) is 0 Å². The second-order valence-corrected chi connectivity index (χ2v) is 9.57. The number of pyridine rings is 1. The van der Waals surface area contributed by atoms with Crippen molar-refractivity contribution in [2.75, 3.05) is 33.2 Å². The van der Waals surface area contributed by atoms with Gasteiger partial charge in [0.1, 0.15) is 5.65 Å². The first-order valence-electron chi connectivity index (χ1n) is 11.7. The number of hydrogen-bond acceptors (Lipinski definition) is 4. The summed E-state index contributed by atoms with van der Waals surface area (Å²) in [6.07, 6.45) is 3.35. The van der Waals surface area contributed by atoms with Gasteiger partial charge < -0.3 is 9.30 Å². The molecule has 5 rings (SSSR count). The van der Waals surface area contributed by atoms with Gasteiger partial charge in [-0.05, 0) is 80.5 Å². The molecule has 0 saturated carbocycles. The molecule has 0 bridgehead atoms. The van der Waals surface area contributed by atoms with Crippen LogP contribution in [-0.2, 0) is 6.54 Å². The topological polar surface area (TPSA) is 47.6 Å². The lowest BCUT2D eigenvalue weighted by Crippen LogP contribution is -2.29. The van der Waals surface area contributed by atoms with E-state index in [1.807, 2.05) is 31.2 Å². The number of hydrogen-bond donors (Lipinski definition) is 0. The molecule has 1 saturated heterocycles. The van der Waals surface area contributed by atoms with Crippen LogP contribution in [0.2, 0.25) is 5.02 Å². The summed E-state index contributed by atoms with van der Waals surface area (Å²) in [6, 6.07) is 20.4. The summed E-state index contributed by atoms with van der Waals surface area (Å²) in [5.41, 5.74) is 8.11. The number of aromatic nitrogens is 2. The van der Waals surface area contributed by atoms with Gasteiger partial charge in [-0.1, -0.05) is 35.9 Å². The highest BCUT2D eigenvalue weighted by Crippen LogP contribution is 2.30. The fourth-order valence-electron chi connectivity index (χ4n) is 4.69. The molecule has 0 amide bonds. The molecular weight excluding hydrogens is 442 g/mol. The zero-order chi connectivity index (χ0) is 23.7. The maximum atomic E-state index is 9.30. The number of nitriles is 1. The van der Waals surface area contributed by atoms with Crippen molar-refractivity contribution in [2.24, 2.45) is 0 Å². The lowest BCUT2D eigenvalue weighted by Gasteiger charge is -2.21. The normalized spacial score (nSPS) is 15.4. The minimum absolute atomic E-state index is 0.712. The van der Waals surface area contributed by atoms with Gasteiger partial charge in [0, 0.05) is 36.4 Å². The Bertz CT molecular complexity index is 1370. The van der Waals surface area contributed by atoms with E-state index >= 15 is 0 Å². The average Bonchev–Trinajstić information content (AvgIpc) is 3.06. The molecule has 4 aromatic rings. The van der Waals surface area contributed by atoms with Crippen LogP contribution in [0.25, 0.3) is 28.0 Å². The van der Waals surface area contributed by atoms with Gasteiger partial charge in [-0.3, -0.25) is 4.90 Å². The highest BCUT2D eigenvalue weighted by Gasteiger charge is 2.20. The molecule has 1 aliphatic heterocycles. The molecule has 1 aliphatic rings. The summed E-state index contributed by atoms with van der Waals surface area (Å²) in [4.78, 5) is 9.97. The Hall–Kier alpha value is -3.17. The molecule has 34 heavy (non-hydrogen) atoms. The molecule has 1 fully saturated rings. The Morgan fingerprint density at radius 2 is 1.71 bits per heavy atom. The molecule has 0 spiro atoms. The van der Waals surface area contributed by atoms with Crippen LogP contribution < -0.4 is 0 Å². The Kier molecular flexibility index (Phi) is 6.38. The quantitative estimate of drug-likeness (QED) is 0.388. The molecule has 0 unspecified atom stereocenters. The lowest BCUT2D eigenvalue weighted by atomic mass is 10.0. The van der Waals surface area contributed by atoms with Crippen molar-refractivity contribution in [3.63, 3.8) is 0 Å². The zero-order valence-corrected chi connectivity index (χ0v) is 20.4. The van der Waals surface area contributed by atoms with Gasteiger partial charge in [-0.2, -0.15) is 5.26 Å². The Morgan fingerprint density at radius 3 is 2.47 bits per heavy atom. The summed E-state index contributed by atoms with van der Waals surface area (Å²) in [5.74, 6) is 0. The van der Waals surface area contributed by atoms with Gasteiger partial charge in [0.05, 0.1) is 23.0 Å². The Morgan fingerprint density at radius 1 is 0.941 bits per heavy atom. The number of likely N-dealkylation sites (N-methyl/N-ethyl adjacent to an activating group) is 1. The maximum absolute atomic E-state index is 9.30. The average molecular weight is 470 g/mol. The summed E-state index contributed by atoms with van der Waals surface area (Å²) in [5, 5.41) is 10.0. The predicted molar refractivity (Wildman–Crippen MR) is 138 cm³/mol. The molecule has 0 radical (unpaired) electrons. The smallest absolute Gasteiger partial charge is 0.137 e. The van der Waals surface area contributed by atoms with Crippen molar-refractivity contribution >= 4 is 17.2 Å². The number of nitrogens with zero attached hydrogens (tertiary/aromatic N) is 5. The first kappa shape index (κ1) is 22.6. The van der Waals surface area contributed by atoms with Crippen molar-refractivity contribution in [3.8, 4) is 28.5 Å². The van der Waals surface area contributed by atoms with E-state index in [2.05, 4.69) is 63.8 Å². The predicted octanol–water partition coefficient (Wildman–Crippen LogP) is 5.64. The van der Waals surface area contributed by atoms with E-state index in [9.17, 15) is 5.26 Å². The molecule has 0 atom stereocenters. The standard InChI is InChI=1S/C28H28ClN5/c1-20-16-22(4-5-23(20)17-30)24-8-11-27-31-28(21-6-9-25(29)10-7-21)26(34(27)18-24)19-33-13-3-12-32(2)14-15-33/h4-11,16,18H,3,12-15,19H2,1-2H3. The minimum atomic E-state index is 0.712. The van der Waals surface area contributed by atoms with Crippen molar-refractivity contribution in [2.45, 2.75) is 19.9 Å². The third-order valence-corrected chi connectivity index (χ3v) is 6.95. The highest BCUT2D eigenvalue weighted by molar-refractivity contribution is 6.30. The molecular formula is C28H28ClN5. The summed E-state index contributed by atoms with van der Waals surface area (Å²) in [6.45, 7) is 7.14. The second kappa shape index (κ2) is 9.60. The third kappa shape index (κ3) is 4.58. The molecule has 6 heteroatoms. The molecule has 3 heterocycles. The van der Waals surface area contributed by atoms with Crippen LogP contribution in [0.4, 0.5) is 0 Å². The largest absolute Gasteiger partial charge is 0.305 e. The van der Waals surface area contributed by atoms with E-state index in [1.165, 1.54) is 12.1 Å². The Labute approximate surface area is 205 Å². The number of aryl methyl sites for hydroxylation is 1. The van der Waals surface area contributed by atoms with E-state index in [0.29, 0.717) is 5.56 Å². The molecule has 5 nitrogen and oxygen atoms in total. The summed E-state index contributed by atoms with van der Waals surface area (Å²) in [7, 11) is 2.20. The van der Waals surface area contributed by atoms with E-state index < -0.39 is 0 Å². The second-order valence-electron chi connectivity index (χ2n) is 9.13. The third-order valence-electron chi connectivity index (χ3n) is 6.70. The first-order chi connectivity index (χ1) is 16.5. The lowest BCUT2D eigenvalue weighted by molar-refractivity contribution is 0.266. The van der Waals surface area contributed by atoms with Gasteiger partial charge in [0.2, 0.25) is 0 Å². The number of benzene rings is 2. The van der Waals surface area contributed by atoms with Crippen molar-refractivity contribution in [3.05, 3.63) is 82.6 Å². The van der Waals surface area contributed by atoms with Gasteiger partial charge in [0.15, 0.2) is 0 Å². The van der Waals surface area contributed by atoms with Crippen molar-refractivity contribution in [1.82, 2.24) is 19.2 Å². The number of rotatable bonds is 4. The monoisotopic (exact) mass is 469 g/mol. The van der Waals surface area contributed by atoms with Gasteiger partial charge in [0.25, 0.3) is 0 Å². The van der Waals surface area contributed by atoms with Crippen LogP contribution in [0.15, 0.2) is 60.8 Å². The van der Waals surface area contributed by atoms with Crippen LogP contribution in [0.1, 0.15) is 23.2 Å². The van der Waals surface area contributed by atoms with Crippen molar-refractivity contribution < 1.29 is 0 Å². The highest BCUT2D eigenvalue weighted by atomic mass is 35.5.